The summed E-state index contributed by atoms with van der Waals surface area (Å²) in [6.45, 7) is 1.61. The van der Waals surface area contributed by atoms with Crippen molar-refractivity contribution < 1.29 is 4.79 Å². The first kappa shape index (κ1) is 20.4. The van der Waals surface area contributed by atoms with E-state index in [9.17, 15) is 14.4 Å². The van der Waals surface area contributed by atoms with Gasteiger partial charge in [0.2, 0.25) is 5.91 Å². The minimum atomic E-state index is -0.627. The summed E-state index contributed by atoms with van der Waals surface area (Å²) in [5.74, 6) is -0.438. The smallest absolute Gasteiger partial charge is 0.323 e. The molecule has 0 unspecified atom stereocenters. The normalized spacial score (nSPS) is 11.0. The lowest BCUT2D eigenvalue weighted by molar-refractivity contribution is -0.116. The highest BCUT2D eigenvalue weighted by atomic mass is 35.5. The van der Waals surface area contributed by atoms with Crippen molar-refractivity contribution in [1.29, 1.82) is 0 Å². The van der Waals surface area contributed by atoms with Crippen molar-refractivity contribution in [3.05, 3.63) is 90.4 Å². The maximum atomic E-state index is 13.2. The van der Waals surface area contributed by atoms with Crippen molar-refractivity contribution in [2.45, 2.75) is 13.5 Å². The number of nitrogens with zero attached hydrogens (tertiary/aromatic N) is 2. The molecule has 9 heteroatoms. The topological polar surface area (TPSA) is 73.1 Å². The molecular weight excluding hydrogens is 445 g/mol. The van der Waals surface area contributed by atoms with Crippen LogP contribution in [0.5, 0.6) is 0 Å². The van der Waals surface area contributed by atoms with Crippen molar-refractivity contribution in [3.63, 3.8) is 0 Å². The molecule has 0 fully saturated rings. The average Bonchev–Trinajstić information content (AvgIpc) is 3.18. The largest absolute Gasteiger partial charge is 0.336 e. The molecule has 2 aromatic heterocycles. The molecule has 0 atom stereocenters. The highest BCUT2D eigenvalue weighted by Gasteiger charge is 2.18. The molecule has 2 heterocycles. The van der Waals surface area contributed by atoms with Crippen LogP contribution in [0.3, 0.4) is 0 Å². The molecular formula is C21H15Cl2N3O3S. The Morgan fingerprint density at radius 3 is 2.63 bits per heavy atom. The molecule has 0 bridgehead atoms. The molecule has 0 saturated carbocycles. The fraction of sp³-hybridized carbons (Fsp3) is 0.0952. The van der Waals surface area contributed by atoms with Crippen LogP contribution in [-0.2, 0) is 11.3 Å². The SMILES string of the molecule is Cc1ccc(NC(=O)Cn2c(=O)n(-c3cccc(Cl)c3)c(=O)c3sccc32)c(Cl)c1. The number of carbonyl (C=O) groups is 1. The summed E-state index contributed by atoms with van der Waals surface area (Å²) in [5, 5.41) is 5.22. The molecule has 0 aliphatic heterocycles. The van der Waals surface area contributed by atoms with Crippen molar-refractivity contribution in [1.82, 2.24) is 9.13 Å². The molecule has 30 heavy (non-hydrogen) atoms. The van der Waals surface area contributed by atoms with Gasteiger partial charge in [-0.1, -0.05) is 35.3 Å². The molecule has 1 N–H and O–H groups in total. The van der Waals surface area contributed by atoms with E-state index in [2.05, 4.69) is 5.32 Å². The van der Waals surface area contributed by atoms with Gasteiger partial charge in [0.15, 0.2) is 0 Å². The van der Waals surface area contributed by atoms with E-state index in [1.54, 1.807) is 41.8 Å². The molecule has 0 saturated heterocycles. The summed E-state index contributed by atoms with van der Waals surface area (Å²) >= 11 is 13.4. The highest BCUT2D eigenvalue weighted by molar-refractivity contribution is 7.17. The molecule has 6 nitrogen and oxygen atoms in total. The second kappa shape index (κ2) is 8.10. The number of halogens is 2. The first-order chi connectivity index (χ1) is 14.3. The second-order valence-electron chi connectivity index (χ2n) is 6.66. The van der Waals surface area contributed by atoms with Crippen molar-refractivity contribution in [2.75, 3.05) is 5.32 Å². The lowest BCUT2D eigenvalue weighted by atomic mass is 10.2. The second-order valence-corrected chi connectivity index (χ2v) is 8.42. The van der Waals surface area contributed by atoms with E-state index in [0.29, 0.717) is 31.6 Å². The zero-order chi connectivity index (χ0) is 21.4. The Hall–Kier alpha value is -2.87. The van der Waals surface area contributed by atoms with Gasteiger partial charge in [-0.05, 0) is 54.3 Å². The Bertz CT molecular complexity index is 1400. The van der Waals surface area contributed by atoms with Gasteiger partial charge in [0.25, 0.3) is 5.56 Å². The number of anilines is 1. The van der Waals surface area contributed by atoms with Gasteiger partial charge in [-0.15, -0.1) is 11.3 Å². The van der Waals surface area contributed by atoms with Crippen molar-refractivity contribution in [2.24, 2.45) is 0 Å². The van der Waals surface area contributed by atoms with Crippen LogP contribution in [0.4, 0.5) is 5.69 Å². The molecule has 4 rings (SSSR count). The molecule has 1 amide bonds. The summed E-state index contributed by atoms with van der Waals surface area (Å²) in [6.07, 6.45) is 0. The van der Waals surface area contributed by atoms with Crippen molar-refractivity contribution in [3.8, 4) is 5.69 Å². The molecule has 0 aliphatic carbocycles. The van der Waals surface area contributed by atoms with Gasteiger partial charge >= 0.3 is 5.69 Å². The van der Waals surface area contributed by atoms with Crippen LogP contribution in [0.25, 0.3) is 15.9 Å². The predicted octanol–water partition coefficient (Wildman–Crippen LogP) is 4.47. The summed E-state index contributed by atoms with van der Waals surface area (Å²) in [6, 6.07) is 13.4. The predicted molar refractivity (Wildman–Crippen MR) is 122 cm³/mol. The number of aromatic nitrogens is 2. The zero-order valence-corrected chi connectivity index (χ0v) is 18.0. The molecule has 152 valence electrons. The van der Waals surface area contributed by atoms with E-state index in [0.717, 1.165) is 10.1 Å². The lowest BCUT2D eigenvalue weighted by Gasteiger charge is -2.13. The highest BCUT2D eigenvalue weighted by Crippen LogP contribution is 2.23. The average molecular weight is 460 g/mol. The number of hydrogen-bond acceptors (Lipinski definition) is 4. The number of fused-ring (bicyclic) bond motifs is 1. The molecule has 4 aromatic rings. The fourth-order valence-electron chi connectivity index (χ4n) is 3.14. The standard InChI is InChI=1S/C21H15Cl2N3O3S/c1-12-5-6-16(15(23)9-12)24-18(27)11-25-17-7-8-30-19(17)20(28)26(21(25)29)14-4-2-3-13(22)10-14/h2-10H,11H2,1H3,(H,24,27). The van der Waals surface area contributed by atoms with Crippen LogP contribution in [0.2, 0.25) is 10.0 Å². The van der Waals surface area contributed by atoms with Gasteiger partial charge in [-0.2, -0.15) is 0 Å². The van der Waals surface area contributed by atoms with Crippen molar-refractivity contribution >= 4 is 56.3 Å². The molecule has 0 spiro atoms. The number of nitrogens with one attached hydrogen (secondary N) is 1. The van der Waals surface area contributed by atoms with Crippen LogP contribution in [0.15, 0.2) is 63.5 Å². The van der Waals surface area contributed by atoms with Crippen LogP contribution >= 0.6 is 34.5 Å². The Labute approximate surface area is 184 Å². The third-order valence-electron chi connectivity index (χ3n) is 4.52. The monoisotopic (exact) mass is 459 g/mol. The maximum absolute atomic E-state index is 13.2. The number of benzene rings is 2. The van der Waals surface area contributed by atoms with Gasteiger partial charge in [-0.25, -0.2) is 9.36 Å². The number of rotatable bonds is 4. The summed E-state index contributed by atoms with van der Waals surface area (Å²) < 4.78 is 2.67. The molecule has 2 aromatic carbocycles. The van der Waals surface area contributed by atoms with Gasteiger partial charge in [-0.3, -0.25) is 14.2 Å². The lowest BCUT2D eigenvalue weighted by Crippen LogP contribution is -2.40. The van der Waals surface area contributed by atoms with E-state index in [4.69, 9.17) is 23.2 Å². The van der Waals surface area contributed by atoms with Gasteiger partial charge in [0.05, 0.1) is 21.9 Å². The third kappa shape index (κ3) is 3.79. The van der Waals surface area contributed by atoms with E-state index in [1.807, 2.05) is 13.0 Å². The maximum Gasteiger partial charge on any atom is 0.336 e. The molecule has 0 aliphatic rings. The molecule has 0 radical (unpaired) electrons. The number of amides is 1. The van der Waals surface area contributed by atoms with Crippen LogP contribution in [0, 0.1) is 6.92 Å². The van der Waals surface area contributed by atoms with Gasteiger partial charge in [0, 0.05) is 5.02 Å². The zero-order valence-electron chi connectivity index (χ0n) is 15.7. The Morgan fingerprint density at radius 2 is 1.90 bits per heavy atom. The van der Waals surface area contributed by atoms with Gasteiger partial charge in [0.1, 0.15) is 11.2 Å². The van der Waals surface area contributed by atoms with E-state index in [-0.39, 0.29) is 6.54 Å². The van der Waals surface area contributed by atoms with Crippen LogP contribution < -0.4 is 16.6 Å². The van der Waals surface area contributed by atoms with Gasteiger partial charge < -0.3 is 5.32 Å². The minimum absolute atomic E-state index is 0.281. The van der Waals surface area contributed by atoms with E-state index < -0.39 is 17.2 Å². The number of carbonyl (C=O) groups excluding carboxylic acids is 1. The summed E-state index contributed by atoms with van der Waals surface area (Å²) in [7, 11) is 0. The Kier molecular flexibility index (Phi) is 5.51. The number of hydrogen-bond donors (Lipinski definition) is 1. The number of aryl methyl sites for hydroxylation is 1. The summed E-state index contributed by atoms with van der Waals surface area (Å²) in [4.78, 5) is 38.8. The summed E-state index contributed by atoms with van der Waals surface area (Å²) in [5.41, 5.74) is 1.07. The van der Waals surface area contributed by atoms with E-state index >= 15 is 0 Å². The Balaban J connectivity index is 1.79. The van der Waals surface area contributed by atoms with Crippen LogP contribution in [-0.4, -0.2) is 15.0 Å². The third-order valence-corrected chi connectivity index (χ3v) is 5.96. The number of thiophene rings is 1. The first-order valence-corrected chi connectivity index (χ1v) is 10.5. The fourth-order valence-corrected chi connectivity index (χ4v) is 4.43. The minimum Gasteiger partial charge on any atom is -0.323 e. The Morgan fingerprint density at radius 1 is 1.10 bits per heavy atom. The van der Waals surface area contributed by atoms with E-state index in [1.165, 1.54) is 22.0 Å². The van der Waals surface area contributed by atoms with Crippen LogP contribution in [0.1, 0.15) is 5.56 Å². The quantitative estimate of drug-likeness (QED) is 0.489. The first-order valence-electron chi connectivity index (χ1n) is 8.90.